The van der Waals surface area contributed by atoms with E-state index in [0.717, 1.165) is 43.6 Å². The highest BCUT2D eigenvalue weighted by Gasteiger charge is 2.30. The Morgan fingerprint density at radius 1 is 1.50 bits per heavy atom. The highest BCUT2D eigenvalue weighted by molar-refractivity contribution is 5.85. The SMILES string of the molecule is CCc1c(NN)ncnc1N1CCCCC1C(=O)NC. The van der Waals surface area contributed by atoms with Gasteiger partial charge in [-0.3, -0.25) is 4.79 Å². The van der Waals surface area contributed by atoms with Crippen molar-refractivity contribution >= 4 is 17.5 Å². The number of nitrogens with zero attached hydrogens (tertiary/aromatic N) is 3. The largest absolute Gasteiger partial charge is 0.357 e. The van der Waals surface area contributed by atoms with E-state index in [1.54, 1.807) is 7.05 Å². The van der Waals surface area contributed by atoms with Crippen LogP contribution in [-0.2, 0) is 11.2 Å². The number of aromatic nitrogens is 2. The first-order valence-electron chi connectivity index (χ1n) is 7.01. The molecule has 1 atom stereocenters. The van der Waals surface area contributed by atoms with E-state index in [2.05, 4.69) is 25.6 Å². The fraction of sp³-hybridized carbons (Fsp3) is 0.615. The Hall–Kier alpha value is -1.89. The van der Waals surface area contributed by atoms with Crippen molar-refractivity contribution in [2.75, 3.05) is 23.9 Å². The smallest absolute Gasteiger partial charge is 0.242 e. The molecule has 20 heavy (non-hydrogen) atoms. The van der Waals surface area contributed by atoms with Crippen LogP contribution in [0.25, 0.3) is 0 Å². The lowest BCUT2D eigenvalue weighted by Gasteiger charge is -2.36. The van der Waals surface area contributed by atoms with Crippen LogP contribution in [0.4, 0.5) is 11.6 Å². The molecule has 4 N–H and O–H groups in total. The van der Waals surface area contributed by atoms with Crippen molar-refractivity contribution in [3.8, 4) is 0 Å². The molecule has 1 aliphatic rings. The van der Waals surface area contributed by atoms with Gasteiger partial charge in [-0.25, -0.2) is 15.8 Å². The normalized spacial score (nSPS) is 18.8. The maximum atomic E-state index is 12.1. The molecule has 2 heterocycles. The van der Waals surface area contributed by atoms with E-state index in [0.29, 0.717) is 5.82 Å². The van der Waals surface area contributed by atoms with E-state index in [4.69, 9.17) is 5.84 Å². The third-order valence-corrected chi connectivity index (χ3v) is 3.74. The maximum absolute atomic E-state index is 12.1. The molecule has 0 aliphatic carbocycles. The van der Waals surface area contributed by atoms with Gasteiger partial charge in [0, 0.05) is 19.2 Å². The Kier molecular flexibility index (Phi) is 4.73. The van der Waals surface area contributed by atoms with E-state index in [1.807, 2.05) is 6.92 Å². The van der Waals surface area contributed by atoms with Gasteiger partial charge in [-0.2, -0.15) is 0 Å². The molecule has 1 aromatic heterocycles. The minimum absolute atomic E-state index is 0.0348. The summed E-state index contributed by atoms with van der Waals surface area (Å²) in [5, 5.41) is 2.74. The van der Waals surface area contributed by atoms with Gasteiger partial charge in [0.05, 0.1) is 0 Å². The van der Waals surface area contributed by atoms with Gasteiger partial charge in [0.15, 0.2) is 0 Å². The van der Waals surface area contributed by atoms with E-state index >= 15 is 0 Å². The lowest BCUT2D eigenvalue weighted by atomic mass is 10.0. The van der Waals surface area contributed by atoms with Gasteiger partial charge in [0.1, 0.15) is 24.0 Å². The van der Waals surface area contributed by atoms with Crippen LogP contribution in [0, 0.1) is 0 Å². The molecule has 2 rings (SSSR count). The zero-order chi connectivity index (χ0) is 14.5. The van der Waals surface area contributed by atoms with Crippen molar-refractivity contribution in [1.82, 2.24) is 15.3 Å². The molecule has 1 unspecified atom stereocenters. The number of carbonyl (C=O) groups excluding carboxylic acids is 1. The number of amides is 1. The number of carbonyl (C=O) groups is 1. The van der Waals surface area contributed by atoms with Crippen LogP contribution in [0.2, 0.25) is 0 Å². The second-order valence-corrected chi connectivity index (χ2v) is 4.84. The zero-order valence-electron chi connectivity index (χ0n) is 12.0. The van der Waals surface area contributed by atoms with E-state index in [9.17, 15) is 4.79 Å². The second kappa shape index (κ2) is 6.51. The van der Waals surface area contributed by atoms with Crippen molar-refractivity contribution < 1.29 is 4.79 Å². The number of hydrazine groups is 1. The van der Waals surface area contributed by atoms with Crippen LogP contribution in [0.3, 0.4) is 0 Å². The predicted octanol–water partition coefficient (Wildman–Crippen LogP) is 0.429. The molecule has 0 bridgehead atoms. The van der Waals surface area contributed by atoms with Crippen LogP contribution in [0.1, 0.15) is 31.7 Å². The first kappa shape index (κ1) is 14.5. The highest BCUT2D eigenvalue weighted by Crippen LogP contribution is 2.29. The number of hydrogen-bond acceptors (Lipinski definition) is 6. The summed E-state index contributed by atoms with van der Waals surface area (Å²) >= 11 is 0. The third-order valence-electron chi connectivity index (χ3n) is 3.74. The van der Waals surface area contributed by atoms with Crippen LogP contribution in [-0.4, -0.2) is 35.5 Å². The number of rotatable bonds is 4. The van der Waals surface area contributed by atoms with Crippen LogP contribution >= 0.6 is 0 Å². The molecule has 1 saturated heterocycles. The van der Waals surface area contributed by atoms with Gasteiger partial charge in [0.25, 0.3) is 0 Å². The standard InChI is InChI=1S/C13H22N6O/c1-3-9-11(18-14)16-8-17-12(9)19-7-5-4-6-10(19)13(20)15-2/h8,10H,3-7,14H2,1-2H3,(H,15,20)(H,16,17,18). The fourth-order valence-corrected chi connectivity index (χ4v) is 2.72. The summed E-state index contributed by atoms with van der Waals surface area (Å²) in [5.41, 5.74) is 3.56. The zero-order valence-corrected chi connectivity index (χ0v) is 12.0. The molecule has 110 valence electrons. The second-order valence-electron chi connectivity index (χ2n) is 4.84. The van der Waals surface area contributed by atoms with Gasteiger partial charge < -0.3 is 15.6 Å². The van der Waals surface area contributed by atoms with Gasteiger partial charge in [-0.15, -0.1) is 0 Å². The van der Waals surface area contributed by atoms with Crippen LogP contribution in [0.15, 0.2) is 6.33 Å². The quantitative estimate of drug-likeness (QED) is 0.546. The summed E-state index contributed by atoms with van der Waals surface area (Å²) in [6.07, 6.45) is 5.21. The minimum atomic E-state index is -0.167. The molecule has 1 amide bonds. The Labute approximate surface area is 118 Å². The predicted molar refractivity (Wildman–Crippen MR) is 78.3 cm³/mol. The number of anilines is 2. The van der Waals surface area contributed by atoms with Crippen molar-refractivity contribution in [3.05, 3.63) is 11.9 Å². The van der Waals surface area contributed by atoms with Gasteiger partial charge in [0.2, 0.25) is 5.91 Å². The van der Waals surface area contributed by atoms with E-state index in [1.165, 1.54) is 6.33 Å². The number of nitrogens with one attached hydrogen (secondary N) is 2. The fourth-order valence-electron chi connectivity index (χ4n) is 2.72. The monoisotopic (exact) mass is 278 g/mol. The molecular weight excluding hydrogens is 256 g/mol. The molecule has 1 fully saturated rings. The summed E-state index contributed by atoms with van der Waals surface area (Å²) < 4.78 is 0. The number of likely N-dealkylation sites (N-methyl/N-ethyl adjacent to an activating group) is 1. The Morgan fingerprint density at radius 3 is 2.95 bits per heavy atom. The van der Waals surface area contributed by atoms with Crippen molar-refractivity contribution in [3.63, 3.8) is 0 Å². The molecule has 0 radical (unpaired) electrons. The van der Waals surface area contributed by atoms with Crippen molar-refractivity contribution in [2.45, 2.75) is 38.6 Å². The van der Waals surface area contributed by atoms with E-state index in [-0.39, 0.29) is 11.9 Å². The van der Waals surface area contributed by atoms with Crippen molar-refractivity contribution in [1.29, 1.82) is 0 Å². The molecular formula is C13H22N6O. The lowest BCUT2D eigenvalue weighted by Crippen LogP contribution is -2.49. The minimum Gasteiger partial charge on any atom is -0.357 e. The molecule has 0 spiro atoms. The summed E-state index contributed by atoms with van der Waals surface area (Å²) in [6.45, 7) is 2.86. The summed E-state index contributed by atoms with van der Waals surface area (Å²) in [7, 11) is 1.67. The topological polar surface area (TPSA) is 96.2 Å². The maximum Gasteiger partial charge on any atom is 0.242 e. The Morgan fingerprint density at radius 2 is 2.30 bits per heavy atom. The molecule has 0 saturated carbocycles. The van der Waals surface area contributed by atoms with Gasteiger partial charge >= 0.3 is 0 Å². The third kappa shape index (κ3) is 2.67. The Balaban J connectivity index is 2.39. The molecule has 0 aromatic carbocycles. The average molecular weight is 278 g/mol. The summed E-state index contributed by atoms with van der Waals surface area (Å²) in [5.74, 6) is 6.97. The highest BCUT2D eigenvalue weighted by atomic mass is 16.2. The molecule has 1 aromatic rings. The van der Waals surface area contributed by atoms with Crippen LogP contribution in [0.5, 0.6) is 0 Å². The average Bonchev–Trinajstić information content (AvgIpc) is 2.53. The first-order valence-corrected chi connectivity index (χ1v) is 7.01. The van der Waals surface area contributed by atoms with Gasteiger partial charge in [-0.05, 0) is 25.7 Å². The Bertz CT molecular complexity index is 478. The van der Waals surface area contributed by atoms with E-state index < -0.39 is 0 Å². The number of nitrogen functional groups attached to an aromatic ring is 1. The summed E-state index contributed by atoms with van der Waals surface area (Å²) in [4.78, 5) is 22.7. The van der Waals surface area contributed by atoms with Crippen LogP contribution < -0.4 is 21.5 Å². The lowest BCUT2D eigenvalue weighted by molar-refractivity contribution is -0.122. The molecule has 1 aliphatic heterocycles. The number of hydrogen-bond donors (Lipinski definition) is 3. The van der Waals surface area contributed by atoms with Crippen molar-refractivity contribution in [2.24, 2.45) is 5.84 Å². The summed E-state index contributed by atoms with van der Waals surface area (Å²) in [6, 6.07) is -0.167. The number of piperidine rings is 1. The molecule has 7 heteroatoms. The van der Waals surface area contributed by atoms with Gasteiger partial charge in [-0.1, -0.05) is 6.92 Å². The first-order chi connectivity index (χ1) is 9.72. The number of nitrogens with two attached hydrogens (primary N) is 1. The molecule has 7 nitrogen and oxygen atoms in total.